The van der Waals surface area contributed by atoms with E-state index in [1.807, 2.05) is 13.8 Å². The molecule has 0 aromatic heterocycles. The summed E-state index contributed by atoms with van der Waals surface area (Å²) in [5.74, 6) is -8.35. The number of hydrogen-bond acceptors (Lipinski definition) is 19. The fourth-order valence-electron chi connectivity index (χ4n) is 8.68. The number of nitrogens with one attached hydrogen (secondary N) is 9. The van der Waals surface area contributed by atoms with Crippen molar-refractivity contribution in [3.8, 4) is 0 Å². The van der Waals surface area contributed by atoms with E-state index < -0.39 is 126 Å². The van der Waals surface area contributed by atoms with E-state index in [-0.39, 0.29) is 82.0 Å². The third kappa shape index (κ3) is 30.4. The highest BCUT2D eigenvalue weighted by Crippen LogP contribution is 2.13. The van der Waals surface area contributed by atoms with Gasteiger partial charge in [0, 0.05) is 17.9 Å². The van der Waals surface area contributed by atoms with Crippen LogP contribution in [0.4, 0.5) is 0 Å². The van der Waals surface area contributed by atoms with Crippen molar-refractivity contribution in [2.45, 2.75) is 196 Å². The molecular formula is C55H100N16O11S2. The van der Waals surface area contributed by atoms with Gasteiger partial charge in [0.05, 0.1) is 12.1 Å². The molecule has 0 saturated carbocycles. The molecule has 29 heteroatoms. The molecule has 1 aromatic carbocycles. The van der Waals surface area contributed by atoms with Crippen LogP contribution in [0, 0.1) is 5.92 Å². The van der Waals surface area contributed by atoms with Crippen LogP contribution in [0.5, 0.6) is 0 Å². The normalized spacial score (nSPS) is 15.2. The molecule has 11 atom stereocenters. The van der Waals surface area contributed by atoms with Gasteiger partial charge in [-0.3, -0.25) is 47.9 Å². The number of thiol groups is 2. The molecule has 27 nitrogen and oxygen atoms in total. The molecular weight excluding hydrogens is 1120 g/mol. The molecule has 0 radical (unpaired) electrons. The van der Waals surface area contributed by atoms with Crippen LogP contribution in [0.1, 0.15) is 129 Å². The van der Waals surface area contributed by atoms with E-state index in [1.165, 1.54) is 6.92 Å². The third-order valence-corrected chi connectivity index (χ3v) is 14.3. The molecule has 0 bridgehead atoms. The van der Waals surface area contributed by atoms with Gasteiger partial charge in [-0.05, 0) is 147 Å². The zero-order chi connectivity index (χ0) is 63.1. The highest BCUT2D eigenvalue weighted by molar-refractivity contribution is 7.80. The fourth-order valence-corrected chi connectivity index (χ4v) is 9.21. The monoisotopic (exact) mass is 1220 g/mol. The van der Waals surface area contributed by atoms with Gasteiger partial charge < -0.3 is 93.1 Å². The smallest absolute Gasteiger partial charge is 0.245 e. The van der Waals surface area contributed by atoms with E-state index >= 15 is 0 Å². The first-order chi connectivity index (χ1) is 40.0. The lowest BCUT2D eigenvalue weighted by molar-refractivity contribution is -0.136. The summed E-state index contributed by atoms with van der Waals surface area (Å²) in [6.07, 6.45) is 3.84. The van der Waals surface area contributed by atoms with Gasteiger partial charge >= 0.3 is 0 Å². The van der Waals surface area contributed by atoms with Crippen molar-refractivity contribution < 1.29 is 53.1 Å². The zero-order valence-electron chi connectivity index (χ0n) is 49.3. The van der Waals surface area contributed by atoms with Gasteiger partial charge in [-0.1, -0.05) is 50.6 Å². The minimum absolute atomic E-state index is 0.0328. The molecule has 24 N–H and O–H groups in total. The molecule has 0 spiro atoms. The van der Waals surface area contributed by atoms with Gasteiger partial charge in [-0.15, -0.1) is 0 Å². The van der Waals surface area contributed by atoms with E-state index in [2.05, 4.69) is 73.1 Å². The Morgan fingerprint density at radius 1 is 0.417 bits per heavy atom. The standard InChI is InChI=1S/C55H100N16O11S2/c1-33(2)29-41(52(79)64-37(20-8-13-25-57)48(75)63-39(22-10-15-27-59)50(77)69-43(31-83)46(62)73)67-53(80)42(30-35-17-5-4-6-18-35)68-49(76)38(21-9-14-26-58)65-54(81)44(32-84)70-51(78)40(23-11-16-28-60)66-55(82)45(34(3)72)71-47(74)36(61)19-7-12-24-56/h4-6,17-18,33-34,36-45,72,83-84H,7-16,19-32,56-61H2,1-3H3,(H2,62,73)(H,63,75)(H,64,79)(H,65,81)(H,66,82)(H,67,80)(H,68,76)(H,69,77)(H,70,78)(H,71,74)/t34-,36+,37+,38+,39+,40+,41+,42+,43+,44+,45+/m1/s1. The lowest BCUT2D eigenvalue weighted by Crippen LogP contribution is -2.61. The van der Waals surface area contributed by atoms with E-state index in [1.54, 1.807) is 30.3 Å². The number of hydrogen-bond donors (Lipinski definition) is 19. The summed E-state index contributed by atoms with van der Waals surface area (Å²) >= 11 is 8.44. The molecule has 0 heterocycles. The van der Waals surface area contributed by atoms with E-state index in [0.717, 1.165) is 0 Å². The summed E-state index contributed by atoms with van der Waals surface area (Å²) in [5, 5.41) is 34.4. The zero-order valence-corrected chi connectivity index (χ0v) is 51.0. The Morgan fingerprint density at radius 3 is 1.11 bits per heavy atom. The predicted molar refractivity (Wildman–Crippen MR) is 328 cm³/mol. The van der Waals surface area contributed by atoms with E-state index in [9.17, 15) is 53.1 Å². The Hall–Kier alpha value is -5.66. The maximum absolute atomic E-state index is 14.6. The van der Waals surface area contributed by atoms with Crippen LogP contribution < -0.4 is 88.0 Å². The second kappa shape index (κ2) is 43.9. The minimum atomic E-state index is -1.50. The summed E-state index contributed by atoms with van der Waals surface area (Å²) in [5.41, 5.74) is 40.7. The number of carbonyl (C=O) groups is 10. The van der Waals surface area contributed by atoms with Gasteiger partial charge in [0.25, 0.3) is 0 Å². The maximum Gasteiger partial charge on any atom is 0.245 e. The van der Waals surface area contributed by atoms with Crippen LogP contribution in [0.25, 0.3) is 0 Å². The van der Waals surface area contributed by atoms with Crippen molar-refractivity contribution in [1.29, 1.82) is 0 Å². The quantitative estimate of drug-likeness (QED) is 0.0221. The van der Waals surface area contributed by atoms with Crippen LogP contribution in [0.15, 0.2) is 30.3 Å². The van der Waals surface area contributed by atoms with Crippen LogP contribution in [0.2, 0.25) is 0 Å². The van der Waals surface area contributed by atoms with E-state index in [4.69, 9.17) is 40.1 Å². The number of benzene rings is 1. The fraction of sp³-hybridized carbons (Fsp3) is 0.709. The maximum atomic E-state index is 14.6. The SMILES string of the molecule is CC(C)C[C@H](NC(=O)[C@H](Cc1ccccc1)NC(=O)[C@H](CCCCN)NC(=O)[C@H](CS)NC(=O)[C@H](CCCCN)NC(=O)[C@@H](NC(=O)[C@@H](N)CCCCN)[C@@H](C)O)C(=O)N[C@@H](CCCCN)C(=O)N[C@@H](CCCCN)C(=O)N[C@@H](CS)C(N)=O. The highest BCUT2D eigenvalue weighted by atomic mass is 32.1. The summed E-state index contributed by atoms with van der Waals surface area (Å²) in [7, 11) is 0. The summed E-state index contributed by atoms with van der Waals surface area (Å²) in [4.78, 5) is 138. The van der Waals surface area contributed by atoms with Crippen molar-refractivity contribution in [2.24, 2.45) is 46.1 Å². The molecule has 10 amide bonds. The molecule has 0 fully saturated rings. The second-order valence-electron chi connectivity index (χ2n) is 21.3. The molecule has 0 aliphatic rings. The van der Waals surface area contributed by atoms with Crippen LogP contribution in [-0.2, 0) is 54.4 Å². The molecule has 0 aliphatic heterocycles. The Labute approximate surface area is 505 Å². The number of primary amides is 1. The molecule has 0 unspecified atom stereocenters. The Kier molecular flexibility index (Phi) is 39.9. The van der Waals surface area contributed by atoms with Gasteiger partial charge in [-0.25, -0.2) is 0 Å². The summed E-state index contributed by atoms with van der Waals surface area (Å²) in [6.45, 7) is 6.46. The van der Waals surface area contributed by atoms with Crippen molar-refractivity contribution in [3.05, 3.63) is 35.9 Å². The number of carbonyl (C=O) groups excluding carboxylic acids is 10. The lowest BCUT2D eigenvalue weighted by Gasteiger charge is -2.29. The van der Waals surface area contributed by atoms with Gasteiger partial charge in [0.2, 0.25) is 59.1 Å². The van der Waals surface area contributed by atoms with Crippen LogP contribution in [0.3, 0.4) is 0 Å². The second-order valence-corrected chi connectivity index (χ2v) is 22.1. The molecule has 0 saturated heterocycles. The third-order valence-electron chi connectivity index (χ3n) is 13.6. The lowest BCUT2D eigenvalue weighted by atomic mass is 9.99. The van der Waals surface area contributed by atoms with Crippen molar-refractivity contribution >= 4 is 84.3 Å². The molecule has 0 aliphatic carbocycles. The number of unbranched alkanes of at least 4 members (excludes halogenated alkanes) is 5. The van der Waals surface area contributed by atoms with Gasteiger partial charge in [-0.2, -0.15) is 25.3 Å². The topological polar surface area (TPSA) is 481 Å². The Morgan fingerprint density at radius 2 is 0.738 bits per heavy atom. The first-order valence-electron chi connectivity index (χ1n) is 29.2. The average Bonchev–Trinajstić information content (AvgIpc) is 3.46. The molecule has 1 aromatic rings. The average molecular weight is 1230 g/mol. The van der Waals surface area contributed by atoms with Gasteiger partial charge in [0.15, 0.2) is 0 Å². The first kappa shape index (κ1) is 76.4. The number of nitrogens with two attached hydrogens (primary N) is 7. The number of rotatable bonds is 46. The minimum Gasteiger partial charge on any atom is -0.391 e. The predicted octanol–water partition coefficient (Wildman–Crippen LogP) is -3.66. The van der Waals surface area contributed by atoms with Crippen LogP contribution >= 0.6 is 25.3 Å². The Bertz CT molecular complexity index is 2170. The first-order valence-corrected chi connectivity index (χ1v) is 30.5. The van der Waals surface area contributed by atoms with Gasteiger partial charge in [0.1, 0.15) is 54.4 Å². The number of aliphatic hydroxyl groups excluding tert-OH is 1. The Balaban J connectivity index is 3.58. The van der Waals surface area contributed by atoms with Crippen LogP contribution in [-0.4, -0.2) is 175 Å². The number of amides is 10. The summed E-state index contributed by atoms with van der Waals surface area (Å²) in [6, 6.07) is -3.88. The summed E-state index contributed by atoms with van der Waals surface area (Å²) < 4.78 is 0. The number of aliphatic hydroxyl groups is 1. The van der Waals surface area contributed by atoms with Crippen molar-refractivity contribution in [2.75, 3.05) is 44.2 Å². The van der Waals surface area contributed by atoms with Crippen molar-refractivity contribution in [1.82, 2.24) is 47.9 Å². The molecule has 84 heavy (non-hydrogen) atoms. The largest absolute Gasteiger partial charge is 0.391 e. The molecule has 1 rings (SSSR count). The highest BCUT2D eigenvalue weighted by Gasteiger charge is 2.36. The van der Waals surface area contributed by atoms with Crippen molar-refractivity contribution in [3.63, 3.8) is 0 Å². The molecule has 478 valence electrons. The van der Waals surface area contributed by atoms with E-state index in [0.29, 0.717) is 82.9 Å².